The van der Waals surface area contributed by atoms with Crippen molar-refractivity contribution < 1.29 is 9.90 Å². The third-order valence-corrected chi connectivity index (χ3v) is 2.99. The molecule has 0 saturated carbocycles. The fourth-order valence-corrected chi connectivity index (χ4v) is 2.09. The van der Waals surface area contributed by atoms with E-state index in [0.717, 1.165) is 20.9 Å². The fourth-order valence-electron chi connectivity index (χ4n) is 1.71. The lowest BCUT2D eigenvalue weighted by Gasteiger charge is -2.08. The summed E-state index contributed by atoms with van der Waals surface area (Å²) in [7, 11) is 0. The number of halogens is 1. The van der Waals surface area contributed by atoms with Crippen molar-refractivity contribution in [2.75, 3.05) is 11.9 Å². The lowest BCUT2D eigenvalue weighted by atomic mass is 10.1. The number of carboxylic acid groups (broad SMARTS) is 1. The molecule has 0 aromatic heterocycles. The first-order valence-electron chi connectivity index (χ1n) is 5.31. The minimum Gasteiger partial charge on any atom is -0.481 e. The molecule has 0 heterocycles. The molecule has 0 aliphatic carbocycles. The predicted octanol–water partition coefficient (Wildman–Crippen LogP) is 3.49. The highest BCUT2D eigenvalue weighted by Gasteiger charge is 2.02. The van der Waals surface area contributed by atoms with Crippen molar-refractivity contribution in [3.05, 3.63) is 40.9 Å². The monoisotopic (exact) mass is 293 g/mol. The van der Waals surface area contributed by atoms with Crippen LogP contribution in [0, 0.1) is 0 Å². The highest BCUT2D eigenvalue weighted by Crippen LogP contribution is 2.26. The Morgan fingerprint density at radius 3 is 2.88 bits per heavy atom. The van der Waals surface area contributed by atoms with Gasteiger partial charge in [-0.05, 0) is 23.6 Å². The summed E-state index contributed by atoms with van der Waals surface area (Å²) in [5.41, 5.74) is 0.969. The Labute approximate surface area is 108 Å². The summed E-state index contributed by atoms with van der Waals surface area (Å²) in [6, 6.07) is 12.0. The minimum absolute atomic E-state index is 0.118. The third kappa shape index (κ3) is 2.97. The first kappa shape index (κ1) is 11.9. The molecule has 0 saturated heterocycles. The Morgan fingerprint density at radius 1 is 1.29 bits per heavy atom. The van der Waals surface area contributed by atoms with E-state index >= 15 is 0 Å². The molecule has 0 bridgehead atoms. The predicted molar refractivity (Wildman–Crippen MR) is 72.4 cm³/mol. The number of fused-ring (bicyclic) bond motifs is 1. The van der Waals surface area contributed by atoms with Gasteiger partial charge in [-0.15, -0.1) is 0 Å². The molecule has 0 radical (unpaired) electrons. The van der Waals surface area contributed by atoms with E-state index < -0.39 is 5.97 Å². The molecule has 2 aromatic rings. The molecule has 2 aromatic carbocycles. The van der Waals surface area contributed by atoms with Gasteiger partial charge in [-0.3, -0.25) is 4.79 Å². The van der Waals surface area contributed by atoms with Gasteiger partial charge in [0.25, 0.3) is 0 Å². The van der Waals surface area contributed by atoms with Gasteiger partial charge in [-0.1, -0.05) is 34.1 Å². The zero-order valence-corrected chi connectivity index (χ0v) is 10.7. The molecular weight excluding hydrogens is 282 g/mol. The maximum absolute atomic E-state index is 10.5. The summed E-state index contributed by atoms with van der Waals surface area (Å²) in [5, 5.41) is 14.0. The first-order valence-corrected chi connectivity index (χ1v) is 6.10. The zero-order chi connectivity index (χ0) is 12.3. The van der Waals surface area contributed by atoms with Crippen molar-refractivity contribution in [2.45, 2.75) is 6.42 Å². The van der Waals surface area contributed by atoms with Crippen LogP contribution in [0.4, 0.5) is 5.69 Å². The molecule has 2 rings (SSSR count). The molecular formula is C13H12BrNO2. The second-order valence-corrected chi connectivity index (χ2v) is 4.66. The number of nitrogens with one attached hydrogen (secondary N) is 1. The quantitative estimate of drug-likeness (QED) is 0.907. The fraction of sp³-hybridized carbons (Fsp3) is 0.154. The van der Waals surface area contributed by atoms with E-state index in [0.29, 0.717) is 6.54 Å². The van der Waals surface area contributed by atoms with E-state index in [1.54, 1.807) is 0 Å². The van der Waals surface area contributed by atoms with Gasteiger partial charge in [0.05, 0.1) is 6.42 Å². The maximum atomic E-state index is 10.5. The van der Waals surface area contributed by atoms with Crippen LogP contribution in [0.15, 0.2) is 40.9 Å². The number of aliphatic carboxylic acids is 1. The molecule has 0 atom stereocenters. The molecule has 0 aliphatic heterocycles. The molecule has 3 nitrogen and oxygen atoms in total. The largest absolute Gasteiger partial charge is 0.481 e. The molecule has 0 amide bonds. The topological polar surface area (TPSA) is 49.3 Å². The number of carboxylic acids is 1. The summed E-state index contributed by atoms with van der Waals surface area (Å²) in [4.78, 5) is 10.5. The van der Waals surface area contributed by atoms with E-state index in [4.69, 9.17) is 5.11 Å². The summed E-state index contributed by atoms with van der Waals surface area (Å²) < 4.78 is 1.03. The van der Waals surface area contributed by atoms with Crippen molar-refractivity contribution in [3.8, 4) is 0 Å². The molecule has 17 heavy (non-hydrogen) atoms. The van der Waals surface area contributed by atoms with Crippen molar-refractivity contribution in [3.63, 3.8) is 0 Å². The van der Waals surface area contributed by atoms with Crippen LogP contribution in [0.5, 0.6) is 0 Å². The van der Waals surface area contributed by atoms with Gasteiger partial charge in [0, 0.05) is 22.1 Å². The molecule has 0 unspecified atom stereocenters. The Morgan fingerprint density at radius 2 is 2.12 bits per heavy atom. The van der Waals surface area contributed by atoms with Crippen LogP contribution in [0.25, 0.3) is 10.8 Å². The highest BCUT2D eigenvalue weighted by atomic mass is 79.9. The average molecular weight is 294 g/mol. The third-order valence-electron chi connectivity index (χ3n) is 2.50. The second kappa shape index (κ2) is 5.19. The Hall–Kier alpha value is -1.55. The van der Waals surface area contributed by atoms with E-state index in [-0.39, 0.29) is 6.42 Å². The van der Waals surface area contributed by atoms with Crippen LogP contribution in [-0.2, 0) is 4.79 Å². The lowest BCUT2D eigenvalue weighted by molar-refractivity contribution is -0.136. The van der Waals surface area contributed by atoms with E-state index in [9.17, 15) is 4.79 Å². The molecule has 0 spiro atoms. The second-order valence-electron chi connectivity index (χ2n) is 3.74. The number of benzene rings is 2. The molecule has 0 fully saturated rings. The highest BCUT2D eigenvalue weighted by molar-refractivity contribution is 9.10. The molecule has 4 heteroatoms. The maximum Gasteiger partial charge on any atom is 0.305 e. The van der Waals surface area contributed by atoms with Crippen LogP contribution in [-0.4, -0.2) is 17.6 Å². The Balaban J connectivity index is 2.25. The molecule has 2 N–H and O–H groups in total. The SMILES string of the molecule is O=C(O)CCNc1cccc2cc(Br)ccc12. The van der Waals surface area contributed by atoms with Gasteiger partial charge < -0.3 is 10.4 Å². The number of carbonyl (C=O) groups is 1. The molecule has 88 valence electrons. The number of rotatable bonds is 4. The number of hydrogen-bond acceptors (Lipinski definition) is 2. The standard InChI is InChI=1S/C13H12BrNO2/c14-10-4-5-11-9(8-10)2-1-3-12(11)15-7-6-13(16)17/h1-5,8,15H,6-7H2,(H,16,17). The van der Waals surface area contributed by atoms with Crippen molar-refractivity contribution in [1.82, 2.24) is 0 Å². The van der Waals surface area contributed by atoms with Gasteiger partial charge >= 0.3 is 5.97 Å². The minimum atomic E-state index is -0.791. The van der Waals surface area contributed by atoms with Crippen LogP contribution >= 0.6 is 15.9 Å². The zero-order valence-electron chi connectivity index (χ0n) is 9.11. The smallest absolute Gasteiger partial charge is 0.305 e. The van der Waals surface area contributed by atoms with Crippen LogP contribution in [0.3, 0.4) is 0 Å². The summed E-state index contributed by atoms with van der Waals surface area (Å²) >= 11 is 3.43. The van der Waals surface area contributed by atoms with Crippen molar-refractivity contribution in [1.29, 1.82) is 0 Å². The molecule has 0 aliphatic rings. The summed E-state index contributed by atoms with van der Waals surface area (Å²) in [6.07, 6.45) is 0.118. The average Bonchev–Trinajstić information content (AvgIpc) is 2.28. The van der Waals surface area contributed by atoms with E-state index in [2.05, 4.69) is 21.2 Å². The Kier molecular flexibility index (Phi) is 3.64. The lowest BCUT2D eigenvalue weighted by Crippen LogP contribution is -2.07. The summed E-state index contributed by atoms with van der Waals surface area (Å²) in [6.45, 7) is 0.435. The van der Waals surface area contributed by atoms with Crippen molar-refractivity contribution >= 4 is 38.4 Å². The van der Waals surface area contributed by atoms with Gasteiger partial charge in [-0.25, -0.2) is 0 Å². The van der Waals surface area contributed by atoms with Gasteiger partial charge in [0.2, 0.25) is 0 Å². The normalized spacial score (nSPS) is 10.4. The Bertz CT molecular complexity index is 554. The van der Waals surface area contributed by atoms with Crippen LogP contribution < -0.4 is 5.32 Å². The van der Waals surface area contributed by atoms with Crippen molar-refractivity contribution in [2.24, 2.45) is 0 Å². The summed E-state index contributed by atoms with van der Waals surface area (Å²) in [5.74, 6) is -0.791. The van der Waals surface area contributed by atoms with E-state index in [1.807, 2.05) is 36.4 Å². The van der Waals surface area contributed by atoms with E-state index in [1.165, 1.54) is 0 Å². The first-order chi connectivity index (χ1) is 8.16. The van der Waals surface area contributed by atoms with Gasteiger partial charge in [-0.2, -0.15) is 0 Å². The van der Waals surface area contributed by atoms with Crippen LogP contribution in [0.2, 0.25) is 0 Å². The number of anilines is 1. The van der Waals surface area contributed by atoms with Gasteiger partial charge in [0.15, 0.2) is 0 Å². The van der Waals surface area contributed by atoms with Gasteiger partial charge in [0.1, 0.15) is 0 Å². The number of hydrogen-bond donors (Lipinski definition) is 2. The van der Waals surface area contributed by atoms with Crippen LogP contribution in [0.1, 0.15) is 6.42 Å².